The Morgan fingerprint density at radius 3 is 2.50 bits per heavy atom. The number of carbonyl (C=O) groups is 1. The molecule has 4 nitrogen and oxygen atoms in total. The van der Waals surface area contributed by atoms with Gasteiger partial charge in [0.25, 0.3) is 0 Å². The summed E-state index contributed by atoms with van der Waals surface area (Å²) in [6.07, 6.45) is -0.555. The minimum Gasteiger partial charge on any atom is -0.443 e. The van der Waals surface area contributed by atoms with Gasteiger partial charge in [0.2, 0.25) is 0 Å². The predicted octanol–water partition coefficient (Wildman–Crippen LogP) is 3.87. The Hall–Kier alpha value is -1.13. The van der Waals surface area contributed by atoms with Crippen molar-refractivity contribution in [3.8, 4) is 0 Å². The Morgan fingerprint density at radius 2 is 1.94 bits per heavy atom. The van der Waals surface area contributed by atoms with Crippen LogP contribution in [0.15, 0.2) is 18.2 Å². The minimum atomic E-state index is -0.555. The molecule has 0 aliphatic heterocycles. The van der Waals surface area contributed by atoms with Crippen LogP contribution in [0.25, 0.3) is 0 Å². The van der Waals surface area contributed by atoms with E-state index in [4.69, 9.17) is 27.9 Å². The lowest BCUT2D eigenvalue weighted by atomic mass is 10.2. The molecular weight excluding hydrogens is 275 g/mol. The maximum atomic E-state index is 11.6. The fourth-order valence-corrected chi connectivity index (χ4v) is 1.67. The van der Waals surface area contributed by atoms with Crippen molar-refractivity contribution in [2.45, 2.75) is 26.4 Å². The van der Waals surface area contributed by atoms with Gasteiger partial charge in [0.1, 0.15) is 5.60 Å². The van der Waals surface area contributed by atoms with Gasteiger partial charge in [-0.1, -0.05) is 29.3 Å². The van der Waals surface area contributed by atoms with Crippen molar-refractivity contribution in [1.29, 1.82) is 0 Å². The molecule has 1 aromatic rings. The summed E-state index contributed by atoms with van der Waals surface area (Å²) >= 11 is 11.9. The van der Waals surface area contributed by atoms with E-state index in [2.05, 4.69) is 5.43 Å². The standard InChI is InChI=1S/C12H16Cl2N2O2/c1-12(2,3)18-11(17)15-16(4)9-7-5-6-8(13)10(9)14/h5-7H,1-4H3,(H,15,17). The van der Waals surface area contributed by atoms with Crippen LogP contribution >= 0.6 is 23.2 Å². The maximum Gasteiger partial charge on any atom is 0.426 e. The van der Waals surface area contributed by atoms with Crippen LogP contribution in [-0.2, 0) is 4.74 Å². The SMILES string of the molecule is CN(NC(=O)OC(C)(C)C)c1cccc(Cl)c1Cl. The molecule has 6 heteroatoms. The number of amides is 1. The number of ether oxygens (including phenoxy) is 1. The first-order valence-electron chi connectivity index (χ1n) is 5.38. The van der Waals surface area contributed by atoms with Gasteiger partial charge in [-0.25, -0.2) is 10.2 Å². The van der Waals surface area contributed by atoms with Gasteiger partial charge < -0.3 is 4.74 Å². The van der Waals surface area contributed by atoms with Crippen LogP contribution in [0, 0.1) is 0 Å². The molecule has 0 saturated carbocycles. The molecule has 0 saturated heterocycles. The summed E-state index contributed by atoms with van der Waals surface area (Å²) in [5, 5.41) is 2.26. The number of hydrogen-bond acceptors (Lipinski definition) is 3. The molecule has 1 aromatic carbocycles. The molecular formula is C12H16Cl2N2O2. The highest BCUT2D eigenvalue weighted by atomic mass is 35.5. The molecule has 1 N–H and O–H groups in total. The monoisotopic (exact) mass is 290 g/mol. The van der Waals surface area contributed by atoms with E-state index in [1.165, 1.54) is 5.01 Å². The predicted molar refractivity (Wildman–Crippen MR) is 74.2 cm³/mol. The van der Waals surface area contributed by atoms with E-state index in [1.807, 2.05) is 0 Å². The van der Waals surface area contributed by atoms with Crippen LogP contribution in [0.3, 0.4) is 0 Å². The number of hydrazine groups is 1. The van der Waals surface area contributed by atoms with Crippen molar-refractivity contribution in [3.63, 3.8) is 0 Å². The van der Waals surface area contributed by atoms with Gasteiger partial charge in [0, 0.05) is 7.05 Å². The van der Waals surface area contributed by atoms with E-state index < -0.39 is 11.7 Å². The zero-order valence-corrected chi connectivity index (χ0v) is 12.3. The summed E-state index contributed by atoms with van der Waals surface area (Å²) in [5.41, 5.74) is 2.59. The van der Waals surface area contributed by atoms with Gasteiger partial charge in [-0.2, -0.15) is 0 Å². The van der Waals surface area contributed by atoms with Crippen LogP contribution in [0.5, 0.6) is 0 Å². The number of nitrogens with one attached hydrogen (secondary N) is 1. The second-order valence-electron chi connectivity index (χ2n) is 4.75. The van der Waals surface area contributed by atoms with Crippen LogP contribution in [0.4, 0.5) is 10.5 Å². The fraction of sp³-hybridized carbons (Fsp3) is 0.417. The number of halogens is 2. The number of nitrogens with zero attached hydrogens (tertiary/aromatic N) is 1. The zero-order chi connectivity index (χ0) is 13.9. The van der Waals surface area contributed by atoms with Crippen molar-refractivity contribution in [1.82, 2.24) is 5.43 Å². The summed E-state index contributed by atoms with van der Waals surface area (Å²) in [5.74, 6) is 0. The van der Waals surface area contributed by atoms with E-state index in [-0.39, 0.29) is 0 Å². The van der Waals surface area contributed by atoms with E-state index in [9.17, 15) is 4.79 Å². The maximum absolute atomic E-state index is 11.6. The average molecular weight is 291 g/mol. The molecule has 0 unspecified atom stereocenters. The van der Waals surface area contributed by atoms with E-state index >= 15 is 0 Å². The molecule has 0 radical (unpaired) electrons. The lowest BCUT2D eigenvalue weighted by Gasteiger charge is -2.25. The highest BCUT2D eigenvalue weighted by molar-refractivity contribution is 6.43. The summed E-state index contributed by atoms with van der Waals surface area (Å²) in [6, 6.07) is 5.16. The van der Waals surface area contributed by atoms with Crippen molar-refractivity contribution in [2.75, 3.05) is 12.1 Å². The first-order valence-corrected chi connectivity index (χ1v) is 6.13. The Kier molecular flexibility index (Phi) is 4.71. The number of carbonyl (C=O) groups excluding carboxylic acids is 1. The Bertz CT molecular complexity index is 444. The summed E-state index contributed by atoms with van der Waals surface area (Å²) < 4.78 is 5.13. The van der Waals surface area contributed by atoms with Gasteiger partial charge >= 0.3 is 6.09 Å². The molecule has 0 aliphatic rings. The van der Waals surface area contributed by atoms with Crippen LogP contribution in [0.2, 0.25) is 10.0 Å². The van der Waals surface area contributed by atoms with Gasteiger partial charge in [0.15, 0.2) is 0 Å². The topological polar surface area (TPSA) is 41.6 Å². The molecule has 0 bridgehead atoms. The molecule has 18 heavy (non-hydrogen) atoms. The molecule has 0 aromatic heterocycles. The van der Waals surface area contributed by atoms with Crippen LogP contribution < -0.4 is 10.4 Å². The molecule has 0 heterocycles. The zero-order valence-electron chi connectivity index (χ0n) is 10.8. The molecule has 100 valence electrons. The quantitative estimate of drug-likeness (QED) is 0.841. The largest absolute Gasteiger partial charge is 0.443 e. The van der Waals surface area contributed by atoms with Gasteiger partial charge in [-0.05, 0) is 32.9 Å². The van der Waals surface area contributed by atoms with Crippen molar-refractivity contribution < 1.29 is 9.53 Å². The Morgan fingerprint density at radius 1 is 1.33 bits per heavy atom. The number of benzene rings is 1. The summed E-state index contributed by atoms with van der Waals surface area (Å²) in [4.78, 5) is 11.6. The first-order chi connectivity index (χ1) is 8.20. The van der Waals surface area contributed by atoms with Crippen molar-refractivity contribution >= 4 is 35.0 Å². The molecule has 0 fully saturated rings. The third-order valence-electron chi connectivity index (χ3n) is 1.95. The molecule has 0 spiro atoms. The second kappa shape index (κ2) is 5.67. The first kappa shape index (κ1) is 14.9. The lowest BCUT2D eigenvalue weighted by molar-refractivity contribution is 0.0524. The number of anilines is 1. The van der Waals surface area contributed by atoms with Crippen molar-refractivity contribution in [2.24, 2.45) is 0 Å². The highest BCUT2D eigenvalue weighted by Crippen LogP contribution is 2.31. The molecule has 0 atom stereocenters. The molecule has 1 amide bonds. The lowest BCUT2D eigenvalue weighted by Crippen LogP contribution is -2.42. The van der Waals surface area contributed by atoms with Crippen LogP contribution in [0.1, 0.15) is 20.8 Å². The van der Waals surface area contributed by atoms with Gasteiger partial charge in [-0.3, -0.25) is 5.01 Å². The molecule has 1 rings (SSSR count). The van der Waals surface area contributed by atoms with Crippen LogP contribution in [-0.4, -0.2) is 18.7 Å². The van der Waals surface area contributed by atoms with E-state index in [1.54, 1.807) is 46.0 Å². The van der Waals surface area contributed by atoms with Gasteiger partial charge in [0.05, 0.1) is 15.7 Å². The molecule has 0 aliphatic carbocycles. The summed E-state index contributed by atoms with van der Waals surface area (Å²) in [6.45, 7) is 5.37. The second-order valence-corrected chi connectivity index (χ2v) is 5.53. The van der Waals surface area contributed by atoms with E-state index in [0.29, 0.717) is 15.7 Å². The Labute approximate surface area is 117 Å². The third kappa shape index (κ3) is 4.27. The average Bonchev–Trinajstić information content (AvgIpc) is 2.18. The minimum absolute atomic E-state index is 0.373. The summed E-state index contributed by atoms with van der Waals surface area (Å²) in [7, 11) is 1.65. The van der Waals surface area contributed by atoms with E-state index in [0.717, 1.165) is 0 Å². The fourth-order valence-electron chi connectivity index (χ4n) is 1.25. The smallest absolute Gasteiger partial charge is 0.426 e. The normalized spacial score (nSPS) is 11.0. The highest BCUT2D eigenvalue weighted by Gasteiger charge is 2.18. The number of rotatable bonds is 2. The van der Waals surface area contributed by atoms with Crippen molar-refractivity contribution in [3.05, 3.63) is 28.2 Å². The third-order valence-corrected chi connectivity index (χ3v) is 2.76. The number of hydrogen-bond donors (Lipinski definition) is 1. The van der Waals surface area contributed by atoms with Gasteiger partial charge in [-0.15, -0.1) is 0 Å². The Balaban J connectivity index is 2.74.